The Balaban J connectivity index is 1.89. The van der Waals surface area contributed by atoms with Crippen molar-refractivity contribution in [3.8, 4) is 0 Å². The number of carbonyl (C=O) groups is 2. The summed E-state index contributed by atoms with van der Waals surface area (Å²) in [6, 6.07) is 4.32. The molecule has 26 heavy (non-hydrogen) atoms. The highest BCUT2D eigenvalue weighted by atomic mass is 19.4. The zero-order valence-electron chi connectivity index (χ0n) is 14.2. The molecule has 1 saturated carbocycles. The molecule has 0 radical (unpaired) electrons. The summed E-state index contributed by atoms with van der Waals surface area (Å²) in [4.78, 5) is 24.5. The van der Waals surface area contributed by atoms with E-state index in [0.29, 0.717) is 0 Å². The molecule has 0 heterocycles. The molecule has 2 aliphatic rings. The van der Waals surface area contributed by atoms with Crippen molar-refractivity contribution in [3.63, 3.8) is 0 Å². The van der Waals surface area contributed by atoms with E-state index in [0.717, 1.165) is 23.3 Å². The van der Waals surface area contributed by atoms with Gasteiger partial charge in [0.15, 0.2) is 0 Å². The number of carbonyl (C=O) groups excluding carboxylic acids is 1. The second-order valence-electron chi connectivity index (χ2n) is 6.85. The molecule has 0 aliphatic heterocycles. The maximum atomic E-state index is 12.8. The molecule has 2 aliphatic carbocycles. The normalized spacial score (nSPS) is 26.9. The molecule has 0 spiro atoms. The number of aliphatic carboxylic acids is 1. The summed E-state index contributed by atoms with van der Waals surface area (Å²) in [6.07, 6.45) is -0.891. The number of alkyl halides is 3. The number of hydrogen-bond acceptors (Lipinski definition) is 2. The predicted molar refractivity (Wildman–Crippen MR) is 89.2 cm³/mol. The van der Waals surface area contributed by atoms with Gasteiger partial charge in [-0.05, 0) is 32.0 Å². The van der Waals surface area contributed by atoms with Gasteiger partial charge in [0.2, 0.25) is 5.91 Å². The van der Waals surface area contributed by atoms with Crippen LogP contribution in [0.1, 0.15) is 19.4 Å². The van der Waals surface area contributed by atoms with Gasteiger partial charge in [0, 0.05) is 17.5 Å². The van der Waals surface area contributed by atoms with Crippen LogP contribution in [0.4, 0.5) is 18.9 Å². The van der Waals surface area contributed by atoms with Crippen LogP contribution in [0.3, 0.4) is 0 Å². The van der Waals surface area contributed by atoms with Gasteiger partial charge in [-0.3, -0.25) is 9.59 Å². The number of anilines is 1. The third kappa shape index (κ3) is 3.02. The topological polar surface area (TPSA) is 66.4 Å². The average molecular weight is 365 g/mol. The standard InChI is InChI=1S/C19H18F3NO3/c1-9(2)14-12-6-7-13(14)16(18(25)26)15(12)17(24)23-11-5-3-4-10(8-11)19(20,21)22/h3-8,12-13,15-16H,1-2H3,(H,23,24)(H,25,26)/t12-,13-,15+,16-/m0/s1. The van der Waals surface area contributed by atoms with Gasteiger partial charge in [-0.1, -0.05) is 29.4 Å². The fraction of sp³-hybridized carbons (Fsp3) is 0.368. The van der Waals surface area contributed by atoms with Crippen LogP contribution in [0.5, 0.6) is 0 Å². The molecule has 1 amide bonds. The summed E-state index contributed by atoms with van der Waals surface area (Å²) in [6.45, 7) is 3.74. The van der Waals surface area contributed by atoms with E-state index in [4.69, 9.17) is 0 Å². The number of benzene rings is 1. The number of nitrogens with one attached hydrogen (secondary N) is 1. The van der Waals surface area contributed by atoms with Crippen LogP contribution in [0.2, 0.25) is 0 Å². The Morgan fingerprint density at radius 1 is 1.08 bits per heavy atom. The number of carboxylic acids is 1. The molecule has 1 aromatic carbocycles. The Morgan fingerprint density at radius 2 is 1.69 bits per heavy atom. The van der Waals surface area contributed by atoms with Gasteiger partial charge in [-0.15, -0.1) is 0 Å². The van der Waals surface area contributed by atoms with Crippen molar-refractivity contribution in [1.82, 2.24) is 0 Å². The molecule has 1 aromatic rings. The van der Waals surface area contributed by atoms with Gasteiger partial charge in [-0.2, -0.15) is 13.2 Å². The van der Waals surface area contributed by atoms with Gasteiger partial charge >= 0.3 is 12.1 Å². The molecule has 0 saturated heterocycles. The van der Waals surface area contributed by atoms with E-state index < -0.39 is 35.5 Å². The minimum Gasteiger partial charge on any atom is -0.481 e. The van der Waals surface area contributed by atoms with E-state index >= 15 is 0 Å². The van der Waals surface area contributed by atoms with E-state index in [1.807, 2.05) is 19.9 Å². The number of fused-ring (bicyclic) bond motifs is 2. The van der Waals surface area contributed by atoms with Crippen molar-refractivity contribution in [2.75, 3.05) is 5.32 Å². The van der Waals surface area contributed by atoms with Crippen LogP contribution in [-0.4, -0.2) is 17.0 Å². The van der Waals surface area contributed by atoms with Crippen molar-refractivity contribution in [2.24, 2.45) is 23.7 Å². The van der Waals surface area contributed by atoms with Crippen molar-refractivity contribution in [3.05, 3.63) is 53.1 Å². The number of rotatable bonds is 3. The number of halogens is 3. The fourth-order valence-electron chi connectivity index (χ4n) is 4.04. The zero-order valence-corrected chi connectivity index (χ0v) is 14.2. The first-order chi connectivity index (χ1) is 12.1. The largest absolute Gasteiger partial charge is 0.481 e. The Hall–Kier alpha value is -2.57. The van der Waals surface area contributed by atoms with Gasteiger partial charge in [0.25, 0.3) is 0 Å². The van der Waals surface area contributed by atoms with Gasteiger partial charge < -0.3 is 10.4 Å². The van der Waals surface area contributed by atoms with Crippen molar-refractivity contribution >= 4 is 17.6 Å². The summed E-state index contributed by atoms with van der Waals surface area (Å²) in [5, 5.41) is 12.1. The van der Waals surface area contributed by atoms with Crippen LogP contribution < -0.4 is 5.32 Å². The molecular formula is C19H18F3NO3. The highest BCUT2D eigenvalue weighted by Crippen LogP contribution is 2.53. The summed E-state index contributed by atoms with van der Waals surface area (Å²) in [5.74, 6) is -4.10. The van der Waals surface area contributed by atoms with Crippen LogP contribution in [-0.2, 0) is 15.8 Å². The highest BCUT2D eigenvalue weighted by Gasteiger charge is 2.54. The average Bonchev–Trinajstić information content (AvgIpc) is 3.10. The molecule has 0 aromatic heterocycles. The predicted octanol–water partition coefficient (Wildman–Crippen LogP) is 4.11. The lowest BCUT2D eigenvalue weighted by Gasteiger charge is -2.23. The van der Waals surface area contributed by atoms with E-state index in [-0.39, 0.29) is 17.5 Å². The molecule has 3 rings (SSSR count). The molecule has 1 fully saturated rings. The molecule has 2 bridgehead atoms. The third-order valence-electron chi connectivity index (χ3n) is 5.03. The van der Waals surface area contributed by atoms with Gasteiger partial charge in [0.1, 0.15) is 0 Å². The summed E-state index contributed by atoms with van der Waals surface area (Å²) in [5.41, 5.74) is 1.01. The Bertz CT molecular complexity index is 822. The van der Waals surface area contributed by atoms with Crippen molar-refractivity contribution in [2.45, 2.75) is 20.0 Å². The summed E-state index contributed by atoms with van der Waals surface area (Å²) < 4.78 is 38.5. The lowest BCUT2D eigenvalue weighted by Crippen LogP contribution is -2.36. The molecule has 2 N–H and O–H groups in total. The van der Waals surface area contributed by atoms with Crippen LogP contribution in [0, 0.1) is 23.7 Å². The minimum atomic E-state index is -4.52. The number of amides is 1. The van der Waals surface area contributed by atoms with E-state index in [2.05, 4.69) is 5.32 Å². The number of carboxylic acid groups (broad SMARTS) is 1. The first-order valence-corrected chi connectivity index (χ1v) is 8.17. The Morgan fingerprint density at radius 3 is 2.23 bits per heavy atom. The van der Waals surface area contributed by atoms with Gasteiger partial charge in [-0.25, -0.2) is 0 Å². The number of allylic oxidation sites excluding steroid dienone is 4. The van der Waals surface area contributed by atoms with Gasteiger partial charge in [0.05, 0.1) is 17.4 Å². The molecule has 138 valence electrons. The second-order valence-corrected chi connectivity index (χ2v) is 6.85. The van der Waals surface area contributed by atoms with Crippen LogP contribution >= 0.6 is 0 Å². The smallest absolute Gasteiger partial charge is 0.416 e. The quantitative estimate of drug-likeness (QED) is 0.792. The van der Waals surface area contributed by atoms with Crippen LogP contribution in [0.25, 0.3) is 0 Å². The maximum Gasteiger partial charge on any atom is 0.416 e. The first kappa shape index (κ1) is 18.2. The Labute approximate surface area is 148 Å². The van der Waals surface area contributed by atoms with Crippen molar-refractivity contribution < 1.29 is 27.9 Å². The SMILES string of the molecule is CC(C)=C1[C@@H]2C=C[C@@H]1[C@@H](C(=O)Nc1cccc(C(F)(F)F)c1)[C@H]2C(=O)O. The van der Waals surface area contributed by atoms with E-state index in [1.165, 1.54) is 12.1 Å². The lowest BCUT2D eigenvalue weighted by molar-refractivity contribution is -0.146. The maximum absolute atomic E-state index is 12.8. The molecule has 7 heteroatoms. The third-order valence-corrected chi connectivity index (χ3v) is 5.03. The van der Waals surface area contributed by atoms with Crippen LogP contribution in [0.15, 0.2) is 47.6 Å². The molecule has 4 nitrogen and oxygen atoms in total. The van der Waals surface area contributed by atoms with E-state index in [9.17, 15) is 27.9 Å². The molecular weight excluding hydrogens is 347 g/mol. The Kier molecular flexibility index (Phi) is 4.42. The van der Waals surface area contributed by atoms with Crippen molar-refractivity contribution in [1.29, 1.82) is 0 Å². The minimum absolute atomic E-state index is 0.000494. The monoisotopic (exact) mass is 365 g/mol. The second kappa shape index (κ2) is 6.30. The summed E-state index contributed by atoms with van der Waals surface area (Å²) >= 11 is 0. The molecule has 0 unspecified atom stereocenters. The van der Waals surface area contributed by atoms with E-state index in [1.54, 1.807) is 6.08 Å². The zero-order chi connectivity index (χ0) is 19.2. The lowest BCUT2D eigenvalue weighted by atomic mass is 9.82. The highest BCUT2D eigenvalue weighted by molar-refractivity contribution is 5.97. The first-order valence-electron chi connectivity index (χ1n) is 8.17. The fourth-order valence-corrected chi connectivity index (χ4v) is 4.04. The number of hydrogen-bond donors (Lipinski definition) is 2. The molecule has 4 atom stereocenters. The summed E-state index contributed by atoms with van der Waals surface area (Å²) in [7, 11) is 0.